The minimum atomic E-state index is -0.379. The molecule has 1 heterocycles. The highest BCUT2D eigenvalue weighted by molar-refractivity contribution is 7.05. The fourth-order valence-corrected chi connectivity index (χ4v) is 2.63. The van der Waals surface area contributed by atoms with Gasteiger partial charge in [0.2, 0.25) is 0 Å². The van der Waals surface area contributed by atoms with Crippen molar-refractivity contribution in [1.29, 1.82) is 0 Å². The Morgan fingerprint density at radius 3 is 3.00 bits per heavy atom. The number of halogens is 2. The molecule has 0 fully saturated rings. The average Bonchev–Trinajstić information content (AvgIpc) is 2.93. The van der Waals surface area contributed by atoms with Crippen molar-refractivity contribution < 1.29 is 4.39 Å². The molecule has 0 bridgehead atoms. The molecule has 0 aliphatic heterocycles. The van der Waals surface area contributed by atoms with Crippen molar-refractivity contribution >= 4 is 23.1 Å². The summed E-state index contributed by atoms with van der Waals surface area (Å²) in [7, 11) is 0. The lowest BCUT2D eigenvalue weighted by Crippen LogP contribution is -2.23. The molecule has 0 amide bonds. The van der Waals surface area contributed by atoms with Crippen LogP contribution >= 0.6 is 23.1 Å². The van der Waals surface area contributed by atoms with Crippen molar-refractivity contribution in [1.82, 2.24) is 14.9 Å². The summed E-state index contributed by atoms with van der Waals surface area (Å²) in [6.45, 7) is 2.99. The lowest BCUT2D eigenvalue weighted by atomic mass is 10.0. The second-order valence-corrected chi connectivity index (χ2v) is 5.44. The molecule has 19 heavy (non-hydrogen) atoms. The van der Waals surface area contributed by atoms with Crippen molar-refractivity contribution in [3.8, 4) is 0 Å². The Morgan fingerprint density at radius 1 is 1.47 bits per heavy atom. The van der Waals surface area contributed by atoms with Crippen LogP contribution in [0, 0.1) is 5.82 Å². The van der Waals surface area contributed by atoms with Gasteiger partial charge in [-0.25, -0.2) is 4.39 Å². The molecule has 1 atom stereocenters. The summed E-state index contributed by atoms with van der Waals surface area (Å²) in [6, 6.07) is 4.96. The van der Waals surface area contributed by atoms with Gasteiger partial charge in [-0.3, -0.25) is 0 Å². The summed E-state index contributed by atoms with van der Waals surface area (Å²) < 4.78 is 17.3. The van der Waals surface area contributed by atoms with Gasteiger partial charge in [-0.1, -0.05) is 35.1 Å². The van der Waals surface area contributed by atoms with E-state index in [-0.39, 0.29) is 16.9 Å². The molecule has 0 radical (unpaired) electrons. The van der Waals surface area contributed by atoms with E-state index in [1.54, 1.807) is 12.3 Å². The minimum Gasteiger partial charge on any atom is -0.309 e. The predicted molar refractivity (Wildman–Crippen MR) is 76.1 cm³/mol. The summed E-state index contributed by atoms with van der Waals surface area (Å²) in [6.07, 6.45) is 3.39. The zero-order valence-corrected chi connectivity index (χ0v) is 12.1. The molecule has 0 saturated carbocycles. The molecule has 2 rings (SSSR count). The van der Waals surface area contributed by atoms with E-state index in [0.29, 0.717) is 6.42 Å². The van der Waals surface area contributed by atoms with Gasteiger partial charge in [-0.15, -0.1) is 5.10 Å². The average molecular weight is 300 g/mol. The fraction of sp³-hybridized carbons (Fsp3) is 0.385. The van der Waals surface area contributed by atoms with Crippen molar-refractivity contribution in [3.05, 3.63) is 45.7 Å². The fourth-order valence-electron chi connectivity index (χ4n) is 1.85. The molecule has 1 N–H and O–H groups in total. The highest BCUT2D eigenvalue weighted by Crippen LogP contribution is 2.26. The van der Waals surface area contributed by atoms with Gasteiger partial charge in [0.15, 0.2) is 0 Å². The lowest BCUT2D eigenvalue weighted by molar-refractivity contribution is 0.533. The SMILES string of the molecule is CCCNC(Cc1cccc(F)c1Cl)c1cnns1. The third-order valence-corrected chi connectivity index (χ3v) is 4.02. The maximum absolute atomic E-state index is 13.4. The molecule has 0 spiro atoms. The second kappa shape index (κ2) is 6.93. The Morgan fingerprint density at radius 2 is 2.32 bits per heavy atom. The van der Waals surface area contributed by atoms with E-state index >= 15 is 0 Å². The maximum atomic E-state index is 13.4. The summed E-state index contributed by atoms with van der Waals surface area (Å²) in [4.78, 5) is 1.04. The minimum absolute atomic E-state index is 0.0687. The number of nitrogens with zero attached hydrogens (tertiary/aromatic N) is 2. The van der Waals surface area contributed by atoms with E-state index in [9.17, 15) is 4.39 Å². The van der Waals surface area contributed by atoms with Crippen molar-refractivity contribution in [2.45, 2.75) is 25.8 Å². The maximum Gasteiger partial charge on any atom is 0.142 e. The van der Waals surface area contributed by atoms with Crippen LogP contribution in [0.15, 0.2) is 24.4 Å². The number of aromatic nitrogens is 2. The Balaban J connectivity index is 2.18. The van der Waals surface area contributed by atoms with Crippen LogP contribution in [-0.2, 0) is 6.42 Å². The van der Waals surface area contributed by atoms with E-state index in [2.05, 4.69) is 21.8 Å². The first kappa shape index (κ1) is 14.4. The van der Waals surface area contributed by atoms with E-state index < -0.39 is 0 Å². The first-order valence-electron chi connectivity index (χ1n) is 6.16. The van der Waals surface area contributed by atoms with Crippen LogP contribution in [0.3, 0.4) is 0 Å². The van der Waals surface area contributed by atoms with Gasteiger partial charge in [0.1, 0.15) is 5.82 Å². The number of rotatable bonds is 6. The molecule has 0 aliphatic carbocycles. The monoisotopic (exact) mass is 299 g/mol. The molecular formula is C13H15ClFN3S. The van der Waals surface area contributed by atoms with Gasteiger partial charge in [0.05, 0.1) is 16.1 Å². The quantitative estimate of drug-likeness (QED) is 0.885. The van der Waals surface area contributed by atoms with E-state index in [0.717, 1.165) is 23.4 Å². The van der Waals surface area contributed by atoms with Crippen LogP contribution in [0.4, 0.5) is 4.39 Å². The van der Waals surface area contributed by atoms with Crippen molar-refractivity contribution in [2.75, 3.05) is 6.54 Å². The van der Waals surface area contributed by atoms with Gasteiger partial charge in [-0.05, 0) is 42.5 Å². The first-order valence-corrected chi connectivity index (χ1v) is 7.31. The molecule has 102 valence electrons. The molecule has 0 aliphatic rings. The molecular weight excluding hydrogens is 285 g/mol. The van der Waals surface area contributed by atoms with Crippen LogP contribution in [0.5, 0.6) is 0 Å². The molecule has 2 aromatic rings. The summed E-state index contributed by atoms with van der Waals surface area (Å²) in [5, 5.41) is 7.47. The van der Waals surface area contributed by atoms with Crippen LogP contribution in [0.2, 0.25) is 5.02 Å². The van der Waals surface area contributed by atoms with Gasteiger partial charge in [0, 0.05) is 6.04 Å². The molecule has 1 aromatic heterocycles. The van der Waals surface area contributed by atoms with E-state index in [1.807, 2.05) is 6.07 Å². The predicted octanol–water partition coefficient (Wildman–Crippen LogP) is 3.61. The number of benzene rings is 1. The van der Waals surface area contributed by atoms with Crippen LogP contribution in [0.1, 0.15) is 29.8 Å². The topological polar surface area (TPSA) is 37.8 Å². The smallest absolute Gasteiger partial charge is 0.142 e. The Kier molecular flexibility index (Phi) is 5.24. The summed E-state index contributed by atoms with van der Waals surface area (Å²) in [5.74, 6) is -0.379. The first-order chi connectivity index (χ1) is 9.22. The Hall–Kier alpha value is -1.04. The van der Waals surface area contributed by atoms with Crippen LogP contribution in [-0.4, -0.2) is 16.1 Å². The second-order valence-electron chi connectivity index (χ2n) is 4.24. The normalized spacial score (nSPS) is 12.6. The zero-order valence-electron chi connectivity index (χ0n) is 10.6. The Bertz CT molecular complexity index is 519. The molecule has 3 nitrogen and oxygen atoms in total. The van der Waals surface area contributed by atoms with E-state index in [1.165, 1.54) is 17.6 Å². The third-order valence-electron chi connectivity index (χ3n) is 2.82. The largest absolute Gasteiger partial charge is 0.309 e. The van der Waals surface area contributed by atoms with Crippen LogP contribution < -0.4 is 5.32 Å². The summed E-state index contributed by atoms with van der Waals surface area (Å²) in [5.41, 5.74) is 0.795. The lowest BCUT2D eigenvalue weighted by Gasteiger charge is -2.17. The summed E-state index contributed by atoms with van der Waals surface area (Å²) >= 11 is 7.35. The number of hydrogen-bond donors (Lipinski definition) is 1. The highest BCUT2D eigenvalue weighted by atomic mass is 35.5. The third kappa shape index (κ3) is 3.72. The van der Waals surface area contributed by atoms with Gasteiger partial charge < -0.3 is 5.32 Å². The van der Waals surface area contributed by atoms with Gasteiger partial charge in [-0.2, -0.15) is 0 Å². The number of hydrogen-bond acceptors (Lipinski definition) is 4. The molecule has 6 heteroatoms. The highest BCUT2D eigenvalue weighted by Gasteiger charge is 2.16. The van der Waals surface area contributed by atoms with Crippen LogP contribution in [0.25, 0.3) is 0 Å². The zero-order chi connectivity index (χ0) is 13.7. The van der Waals surface area contributed by atoms with Crippen molar-refractivity contribution in [2.24, 2.45) is 0 Å². The standard InChI is InChI=1S/C13H15ClFN3S/c1-2-6-16-11(12-8-17-18-19-12)7-9-4-3-5-10(15)13(9)14/h3-5,8,11,16H,2,6-7H2,1H3. The molecule has 1 aromatic carbocycles. The van der Waals surface area contributed by atoms with E-state index in [4.69, 9.17) is 11.6 Å². The number of nitrogens with one attached hydrogen (secondary N) is 1. The molecule has 1 unspecified atom stereocenters. The Labute approximate surface area is 121 Å². The molecule has 0 saturated heterocycles. The van der Waals surface area contributed by atoms with Crippen molar-refractivity contribution in [3.63, 3.8) is 0 Å². The van der Waals surface area contributed by atoms with Gasteiger partial charge >= 0.3 is 0 Å². The van der Waals surface area contributed by atoms with Gasteiger partial charge in [0.25, 0.3) is 0 Å².